The van der Waals surface area contributed by atoms with Crippen molar-refractivity contribution < 1.29 is 4.79 Å². The molecule has 0 bridgehead atoms. The summed E-state index contributed by atoms with van der Waals surface area (Å²) in [7, 11) is 0. The molecule has 0 atom stereocenters. The van der Waals surface area contributed by atoms with Gasteiger partial charge in [-0.25, -0.2) is 0 Å². The molecule has 2 aliphatic rings. The molecule has 0 amide bonds. The van der Waals surface area contributed by atoms with Crippen LogP contribution >= 0.6 is 0 Å². The van der Waals surface area contributed by atoms with Crippen LogP contribution in [0.4, 0.5) is 5.69 Å². The van der Waals surface area contributed by atoms with Crippen LogP contribution in [0.25, 0.3) is 0 Å². The molecule has 2 fully saturated rings. The van der Waals surface area contributed by atoms with Gasteiger partial charge in [-0.3, -0.25) is 9.69 Å². The van der Waals surface area contributed by atoms with E-state index in [4.69, 9.17) is 5.26 Å². The van der Waals surface area contributed by atoms with Gasteiger partial charge in [-0.2, -0.15) is 5.26 Å². The van der Waals surface area contributed by atoms with Gasteiger partial charge < -0.3 is 4.90 Å². The minimum Gasteiger partial charge on any atom is -0.369 e. The van der Waals surface area contributed by atoms with E-state index < -0.39 is 0 Å². The molecule has 0 N–H and O–H groups in total. The van der Waals surface area contributed by atoms with Crippen LogP contribution in [0.15, 0.2) is 54.6 Å². The molecule has 0 aromatic heterocycles. The number of piperazine rings is 1. The predicted molar refractivity (Wildman–Crippen MR) is 143 cm³/mol. The van der Waals surface area contributed by atoms with E-state index in [1.54, 1.807) is 0 Å². The van der Waals surface area contributed by atoms with E-state index in [-0.39, 0.29) is 12.2 Å². The number of rotatable bonds is 11. The van der Waals surface area contributed by atoms with Crippen molar-refractivity contribution in [2.45, 2.75) is 64.2 Å². The van der Waals surface area contributed by atoms with Gasteiger partial charge in [0.2, 0.25) is 0 Å². The van der Waals surface area contributed by atoms with Gasteiger partial charge in [-0.05, 0) is 60.9 Å². The van der Waals surface area contributed by atoms with Crippen LogP contribution in [0.2, 0.25) is 0 Å². The summed E-state index contributed by atoms with van der Waals surface area (Å²) in [5, 5.41) is 8.60. The van der Waals surface area contributed by atoms with Gasteiger partial charge in [0.1, 0.15) is 5.78 Å². The predicted octanol–water partition coefficient (Wildman–Crippen LogP) is 6.25. The van der Waals surface area contributed by atoms with Crippen LogP contribution in [0.1, 0.15) is 68.9 Å². The van der Waals surface area contributed by atoms with Gasteiger partial charge in [0, 0.05) is 38.3 Å². The number of benzene rings is 2. The molecule has 1 saturated heterocycles. The number of anilines is 1. The molecular formula is C31H41N3O. The first-order valence-electron chi connectivity index (χ1n) is 13.7. The Morgan fingerprint density at radius 2 is 1.54 bits per heavy atom. The van der Waals surface area contributed by atoms with Crippen molar-refractivity contribution in [1.82, 2.24) is 4.90 Å². The molecule has 186 valence electrons. The second-order valence-corrected chi connectivity index (χ2v) is 10.6. The summed E-state index contributed by atoms with van der Waals surface area (Å²) in [6.45, 7) is 5.79. The van der Waals surface area contributed by atoms with Crippen LogP contribution < -0.4 is 4.90 Å². The zero-order valence-corrected chi connectivity index (χ0v) is 21.2. The number of hydrogen-bond acceptors (Lipinski definition) is 4. The Labute approximate surface area is 211 Å². The van der Waals surface area contributed by atoms with Crippen molar-refractivity contribution in [3.8, 4) is 6.07 Å². The van der Waals surface area contributed by atoms with E-state index in [2.05, 4.69) is 64.4 Å². The Kier molecular flexibility index (Phi) is 9.78. The summed E-state index contributed by atoms with van der Waals surface area (Å²) in [4.78, 5) is 16.7. The van der Waals surface area contributed by atoms with Crippen LogP contribution in [-0.4, -0.2) is 43.4 Å². The summed E-state index contributed by atoms with van der Waals surface area (Å²) >= 11 is 0. The lowest BCUT2D eigenvalue weighted by molar-refractivity contribution is -0.118. The van der Waals surface area contributed by atoms with E-state index in [0.717, 1.165) is 50.9 Å². The third kappa shape index (κ3) is 8.22. The molecule has 2 aromatic carbocycles. The monoisotopic (exact) mass is 471 g/mol. The molecule has 1 heterocycles. The highest BCUT2D eigenvalue weighted by Gasteiger charge is 2.23. The molecule has 2 aromatic rings. The fourth-order valence-electron chi connectivity index (χ4n) is 5.86. The first-order chi connectivity index (χ1) is 17.2. The average molecular weight is 472 g/mol. The van der Waals surface area contributed by atoms with E-state index in [1.807, 2.05) is 6.07 Å². The number of nitrogens with zero attached hydrogens (tertiary/aromatic N) is 3. The van der Waals surface area contributed by atoms with Gasteiger partial charge in [-0.15, -0.1) is 0 Å². The standard InChI is InChI=1S/C31H41N3O/c32-18-16-31(35)11-5-8-26-12-14-27(15-13-26)17-19-33-20-22-34(23-21-33)30-10-4-9-29(25-30)24-28-6-2-1-3-7-28/h1-4,6-7,9-10,25-27H,5,8,11-17,19-24H2. The summed E-state index contributed by atoms with van der Waals surface area (Å²) in [6, 6.07) is 21.8. The lowest BCUT2D eigenvalue weighted by atomic mass is 9.78. The highest BCUT2D eigenvalue weighted by Crippen LogP contribution is 2.33. The zero-order valence-electron chi connectivity index (χ0n) is 21.2. The van der Waals surface area contributed by atoms with Gasteiger partial charge >= 0.3 is 0 Å². The van der Waals surface area contributed by atoms with Crippen molar-refractivity contribution in [1.29, 1.82) is 5.26 Å². The fraction of sp³-hybridized carbons (Fsp3) is 0.548. The highest BCUT2D eigenvalue weighted by atomic mass is 16.1. The maximum absolute atomic E-state index is 11.5. The van der Waals surface area contributed by atoms with E-state index >= 15 is 0 Å². The molecular weight excluding hydrogens is 430 g/mol. The van der Waals surface area contributed by atoms with E-state index in [9.17, 15) is 4.79 Å². The lowest BCUT2D eigenvalue weighted by Gasteiger charge is -2.37. The lowest BCUT2D eigenvalue weighted by Crippen LogP contribution is -2.47. The maximum atomic E-state index is 11.5. The minimum absolute atomic E-state index is 0.0850. The molecule has 0 unspecified atom stereocenters. The van der Waals surface area contributed by atoms with Crippen LogP contribution in [-0.2, 0) is 11.2 Å². The molecule has 4 heteroatoms. The van der Waals surface area contributed by atoms with Crippen molar-refractivity contribution in [2.75, 3.05) is 37.6 Å². The Bertz CT molecular complexity index is 951. The first-order valence-corrected chi connectivity index (χ1v) is 13.7. The normalized spacial score (nSPS) is 20.9. The second-order valence-electron chi connectivity index (χ2n) is 10.6. The molecule has 4 nitrogen and oxygen atoms in total. The van der Waals surface area contributed by atoms with Crippen molar-refractivity contribution in [2.24, 2.45) is 11.8 Å². The Hall–Kier alpha value is -2.64. The van der Waals surface area contributed by atoms with E-state index in [1.165, 1.54) is 61.9 Å². The summed E-state index contributed by atoms with van der Waals surface area (Å²) in [5.74, 6) is 1.78. The molecule has 1 aliphatic heterocycles. The van der Waals surface area contributed by atoms with Crippen LogP contribution in [0.3, 0.4) is 0 Å². The first kappa shape index (κ1) is 25.5. The van der Waals surface area contributed by atoms with Crippen LogP contribution in [0.5, 0.6) is 0 Å². The fourth-order valence-corrected chi connectivity index (χ4v) is 5.86. The molecule has 1 saturated carbocycles. The van der Waals surface area contributed by atoms with Gasteiger partial charge in [0.05, 0.1) is 12.5 Å². The Morgan fingerprint density at radius 1 is 0.857 bits per heavy atom. The maximum Gasteiger partial charge on any atom is 0.146 e. The largest absolute Gasteiger partial charge is 0.369 e. The van der Waals surface area contributed by atoms with Gasteiger partial charge in [0.15, 0.2) is 0 Å². The number of carbonyl (C=O) groups excluding carboxylic acids is 1. The molecule has 35 heavy (non-hydrogen) atoms. The number of Topliss-reactive ketones (excluding diaryl/α,β-unsaturated/α-hetero) is 1. The van der Waals surface area contributed by atoms with E-state index in [0.29, 0.717) is 6.42 Å². The number of carbonyl (C=O) groups is 1. The summed E-state index contributed by atoms with van der Waals surface area (Å²) < 4.78 is 0. The minimum atomic E-state index is 0.0850. The highest BCUT2D eigenvalue weighted by molar-refractivity contribution is 5.80. The quantitative estimate of drug-likeness (QED) is 0.389. The van der Waals surface area contributed by atoms with Crippen molar-refractivity contribution in [3.05, 3.63) is 65.7 Å². The van der Waals surface area contributed by atoms with Crippen LogP contribution in [0, 0.1) is 23.2 Å². The number of nitriles is 1. The third-order valence-corrected chi connectivity index (χ3v) is 8.06. The topological polar surface area (TPSA) is 47.3 Å². The smallest absolute Gasteiger partial charge is 0.146 e. The summed E-state index contributed by atoms with van der Waals surface area (Å²) in [6.07, 6.45) is 10.5. The zero-order chi connectivity index (χ0) is 24.3. The molecule has 1 aliphatic carbocycles. The average Bonchev–Trinajstić information content (AvgIpc) is 2.89. The van der Waals surface area contributed by atoms with Gasteiger partial charge in [0.25, 0.3) is 0 Å². The number of hydrogen-bond donors (Lipinski definition) is 0. The molecule has 4 rings (SSSR count). The third-order valence-electron chi connectivity index (χ3n) is 8.06. The molecule has 0 spiro atoms. The summed E-state index contributed by atoms with van der Waals surface area (Å²) in [5.41, 5.74) is 4.13. The SMILES string of the molecule is N#CCC(=O)CCCC1CCC(CCN2CCN(c3cccc(Cc4ccccc4)c3)CC2)CC1. The van der Waals surface area contributed by atoms with Crippen molar-refractivity contribution in [3.63, 3.8) is 0 Å². The Morgan fingerprint density at radius 3 is 2.26 bits per heavy atom. The molecule has 0 radical (unpaired) electrons. The van der Waals surface area contributed by atoms with Gasteiger partial charge in [-0.1, -0.05) is 74.6 Å². The Balaban J connectivity index is 1.12. The number of ketones is 1. The second kappa shape index (κ2) is 13.4. The van der Waals surface area contributed by atoms with Crippen molar-refractivity contribution >= 4 is 11.5 Å².